The van der Waals surface area contributed by atoms with E-state index in [1.807, 2.05) is 4.90 Å². The normalized spacial score (nSPS) is 19.1. The van der Waals surface area contributed by atoms with Crippen LogP contribution >= 0.6 is 23.8 Å². The van der Waals surface area contributed by atoms with Gasteiger partial charge in [-0.3, -0.25) is 14.5 Å². The number of piperazine rings is 1. The number of amides is 2. The van der Waals surface area contributed by atoms with Crippen molar-refractivity contribution in [2.45, 2.75) is 18.9 Å². The summed E-state index contributed by atoms with van der Waals surface area (Å²) < 4.78 is 5.17. The molecule has 0 spiro atoms. The predicted molar refractivity (Wildman–Crippen MR) is 147 cm³/mol. The lowest BCUT2D eigenvalue weighted by atomic mass is 10.1. The number of ether oxygens (including phenoxy) is 1. The summed E-state index contributed by atoms with van der Waals surface area (Å²) in [5.74, 6) is 0.254. The number of carbonyl (C=O) groups excluding carboxylic acids is 2. The van der Waals surface area contributed by atoms with E-state index >= 15 is 0 Å². The zero-order valence-electron chi connectivity index (χ0n) is 20.7. The summed E-state index contributed by atoms with van der Waals surface area (Å²) in [6, 6.07) is 13.4. The molecule has 2 fully saturated rings. The third-order valence-electron chi connectivity index (χ3n) is 6.63. The number of hydrogen-bond donors (Lipinski definition) is 1. The van der Waals surface area contributed by atoms with Gasteiger partial charge in [0.1, 0.15) is 11.8 Å². The highest BCUT2D eigenvalue weighted by atomic mass is 35.5. The van der Waals surface area contributed by atoms with Crippen molar-refractivity contribution < 1.29 is 14.3 Å². The maximum atomic E-state index is 13.5. The molecule has 0 aliphatic carbocycles. The van der Waals surface area contributed by atoms with Crippen LogP contribution < -0.4 is 15.0 Å². The van der Waals surface area contributed by atoms with Crippen LogP contribution in [0.1, 0.15) is 12.8 Å². The van der Waals surface area contributed by atoms with Gasteiger partial charge in [0.25, 0.3) is 5.91 Å². The van der Waals surface area contributed by atoms with Crippen molar-refractivity contribution in [3.05, 3.63) is 53.6 Å². The van der Waals surface area contributed by atoms with Crippen LogP contribution in [-0.4, -0.2) is 91.1 Å². The van der Waals surface area contributed by atoms with Crippen molar-refractivity contribution in [1.29, 1.82) is 0 Å². The van der Waals surface area contributed by atoms with E-state index in [1.165, 1.54) is 4.90 Å². The Kier molecular flexibility index (Phi) is 8.79. The first-order valence-corrected chi connectivity index (χ1v) is 12.9. The van der Waals surface area contributed by atoms with E-state index in [2.05, 4.69) is 22.2 Å². The SMILES string of the molecule is COc1ccc(NC(=O)C[C@@H]2C(=O)N(c3ccc(Cl)cc3)C(=S)N2CCCN2CCN(C)CC2)cc1. The van der Waals surface area contributed by atoms with Crippen LogP contribution in [0.4, 0.5) is 11.4 Å². The minimum Gasteiger partial charge on any atom is -0.497 e. The molecule has 1 N–H and O–H groups in total. The van der Waals surface area contributed by atoms with Crippen LogP contribution in [-0.2, 0) is 9.59 Å². The molecule has 0 radical (unpaired) electrons. The number of rotatable bonds is 9. The number of nitrogens with one attached hydrogen (secondary N) is 1. The van der Waals surface area contributed by atoms with Gasteiger partial charge >= 0.3 is 0 Å². The van der Waals surface area contributed by atoms with Gasteiger partial charge in [0, 0.05) is 43.4 Å². The summed E-state index contributed by atoms with van der Waals surface area (Å²) in [6.07, 6.45) is 0.853. The Labute approximate surface area is 222 Å². The van der Waals surface area contributed by atoms with Crippen LogP contribution in [0.3, 0.4) is 0 Å². The van der Waals surface area contributed by atoms with Crippen LogP contribution in [0.2, 0.25) is 5.02 Å². The topological polar surface area (TPSA) is 68.4 Å². The fraction of sp³-hybridized carbons (Fsp3) is 0.423. The number of halogens is 1. The maximum absolute atomic E-state index is 13.5. The molecule has 0 aromatic heterocycles. The van der Waals surface area contributed by atoms with Gasteiger partial charge in [-0.05, 0) is 80.8 Å². The molecule has 2 aromatic rings. The fourth-order valence-corrected chi connectivity index (χ4v) is 5.05. The third-order valence-corrected chi connectivity index (χ3v) is 7.29. The van der Waals surface area contributed by atoms with E-state index in [1.54, 1.807) is 55.6 Å². The van der Waals surface area contributed by atoms with E-state index in [-0.39, 0.29) is 18.2 Å². The smallest absolute Gasteiger partial charge is 0.256 e. The largest absolute Gasteiger partial charge is 0.497 e. The maximum Gasteiger partial charge on any atom is 0.256 e. The Balaban J connectivity index is 1.45. The highest BCUT2D eigenvalue weighted by molar-refractivity contribution is 7.80. The molecule has 2 amide bonds. The van der Waals surface area contributed by atoms with E-state index in [0.717, 1.165) is 39.1 Å². The monoisotopic (exact) mass is 529 g/mol. The lowest BCUT2D eigenvalue weighted by molar-refractivity contribution is -0.124. The van der Waals surface area contributed by atoms with Crippen LogP contribution in [0.25, 0.3) is 0 Å². The third kappa shape index (κ3) is 6.34. The zero-order valence-corrected chi connectivity index (χ0v) is 22.2. The predicted octanol–water partition coefficient (Wildman–Crippen LogP) is 3.32. The Morgan fingerprint density at radius 3 is 2.36 bits per heavy atom. The van der Waals surface area contributed by atoms with Gasteiger partial charge < -0.3 is 24.8 Å². The first-order valence-electron chi connectivity index (χ1n) is 12.1. The highest BCUT2D eigenvalue weighted by Gasteiger charge is 2.43. The number of anilines is 2. The van der Waals surface area contributed by atoms with Crippen molar-refractivity contribution in [1.82, 2.24) is 14.7 Å². The first kappa shape index (κ1) is 26.3. The van der Waals surface area contributed by atoms with E-state index in [4.69, 9.17) is 28.6 Å². The van der Waals surface area contributed by atoms with Crippen molar-refractivity contribution in [2.75, 3.05) is 63.6 Å². The highest BCUT2D eigenvalue weighted by Crippen LogP contribution is 2.29. The number of methoxy groups -OCH3 is 1. The van der Waals surface area contributed by atoms with Gasteiger partial charge in [-0.2, -0.15) is 0 Å². The van der Waals surface area contributed by atoms with Crippen molar-refractivity contribution >= 4 is 52.1 Å². The number of hydrogen-bond acceptors (Lipinski definition) is 6. The lowest BCUT2D eigenvalue weighted by Crippen LogP contribution is -2.45. The lowest BCUT2D eigenvalue weighted by Gasteiger charge is -2.33. The van der Waals surface area contributed by atoms with Gasteiger partial charge in [0.05, 0.1) is 19.2 Å². The molecule has 4 rings (SSSR count). The van der Waals surface area contributed by atoms with Gasteiger partial charge in [0.2, 0.25) is 5.91 Å². The second-order valence-corrected chi connectivity index (χ2v) is 9.92. The van der Waals surface area contributed by atoms with Gasteiger partial charge in [-0.15, -0.1) is 0 Å². The summed E-state index contributed by atoms with van der Waals surface area (Å²) in [4.78, 5) is 34.7. The molecule has 0 unspecified atom stereocenters. The van der Waals surface area contributed by atoms with Crippen molar-refractivity contribution in [2.24, 2.45) is 0 Å². The van der Waals surface area contributed by atoms with E-state index in [9.17, 15) is 9.59 Å². The van der Waals surface area contributed by atoms with Crippen LogP contribution in [0, 0.1) is 0 Å². The number of nitrogens with zero attached hydrogens (tertiary/aromatic N) is 4. The molecule has 192 valence electrons. The molecule has 1 atom stereocenters. The summed E-state index contributed by atoms with van der Waals surface area (Å²) in [6.45, 7) is 5.70. The van der Waals surface area contributed by atoms with Crippen LogP contribution in [0.15, 0.2) is 48.5 Å². The molecule has 36 heavy (non-hydrogen) atoms. The van der Waals surface area contributed by atoms with Gasteiger partial charge in [0.15, 0.2) is 5.11 Å². The molecule has 2 heterocycles. The van der Waals surface area contributed by atoms with Crippen molar-refractivity contribution in [3.63, 3.8) is 0 Å². The molecule has 0 bridgehead atoms. The quantitative estimate of drug-likeness (QED) is 0.500. The minimum absolute atomic E-state index is 0.00357. The minimum atomic E-state index is -0.668. The Hall–Kier alpha value is -2.72. The molecule has 2 aliphatic heterocycles. The molecule has 2 aliphatic rings. The molecule has 8 nitrogen and oxygen atoms in total. The van der Waals surface area contributed by atoms with E-state index < -0.39 is 6.04 Å². The van der Waals surface area contributed by atoms with Gasteiger partial charge in [-0.1, -0.05) is 11.6 Å². The second kappa shape index (κ2) is 12.0. The molecule has 10 heteroatoms. The Bertz CT molecular complexity index is 1070. The Morgan fingerprint density at radius 1 is 1.06 bits per heavy atom. The molecule has 0 saturated carbocycles. The molecule has 2 saturated heterocycles. The number of thiocarbonyl (C=S) groups is 1. The molecular weight excluding hydrogens is 498 g/mol. The van der Waals surface area contributed by atoms with E-state index in [0.29, 0.717) is 33.8 Å². The first-order chi connectivity index (χ1) is 17.4. The zero-order chi connectivity index (χ0) is 25.7. The standard InChI is InChI=1S/C26H32ClN5O3S/c1-29-14-16-30(17-15-29)12-3-13-31-23(18-24(33)28-20-6-10-22(35-2)11-7-20)25(34)32(26(31)36)21-8-4-19(27)5-9-21/h4-11,23H,3,12-18H2,1-2H3,(H,28,33)/t23-/m1/s1. The number of likely N-dealkylation sites (N-methyl/N-ethyl adjacent to an activating group) is 1. The molecule has 2 aromatic carbocycles. The molecular formula is C26H32ClN5O3S. The average Bonchev–Trinajstić information content (AvgIpc) is 3.10. The summed E-state index contributed by atoms with van der Waals surface area (Å²) in [5.41, 5.74) is 1.29. The van der Waals surface area contributed by atoms with Gasteiger partial charge in [-0.25, -0.2) is 0 Å². The second-order valence-electron chi connectivity index (χ2n) is 9.12. The summed E-state index contributed by atoms with van der Waals surface area (Å²) >= 11 is 11.8. The fourth-order valence-electron chi connectivity index (χ4n) is 4.51. The summed E-state index contributed by atoms with van der Waals surface area (Å²) in [7, 11) is 3.73. The average molecular weight is 530 g/mol. The van der Waals surface area contributed by atoms with Crippen molar-refractivity contribution in [3.8, 4) is 5.75 Å². The van der Waals surface area contributed by atoms with Crippen LogP contribution in [0.5, 0.6) is 5.75 Å². The Morgan fingerprint density at radius 2 is 1.72 bits per heavy atom. The number of carbonyl (C=O) groups is 2. The number of benzene rings is 2. The summed E-state index contributed by atoms with van der Waals surface area (Å²) in [5, 5.41) is 3.88.